The molecule has 0 unspecified atom stereocenters. The Morgan fingerprint density at radius 2 is 1.95 bits per heavy atom. The maximum Gasteiger partial charge on any atom is 0.244 e. The Morgan fingerprint density at radius 3 is 2.47 bits per heavy atom. The Hall–Kier alpha value is -1.39. The molecule has 0 bridgehead atoms. The number of rotatable bonds is 7. The first-order valence-electron chi connectivity index (χ1n) is 6.64. The van der Waals surface area contributed by atoms with E-state index in [1.807, 2.05) is 30.3 Å². The van der Waals surface area contributed by atoms with Crippen LogP contribution in [0.3, 0.4) is 0 Å². The van der Waals surface area contributed by atoms with Crippen LogP contribution in [-0.2, 0) is 9.53 Å². The van der Waals surface area contributed by atoms with E-state index >= 15 is 0 Å². The summed E-state index contributed by atoms with van der Waals surface area (Å²) in [6.07, 6.45) is 0. The lowest BCUT2D eigenvalue weighted by Crippen LogP contribution is -2.42. The minimum atomic E-state index is -0.600. The fourth-order valence-corrected chi connectivity index (χ4v) is 1.93. The highest BCUT2D eigenvalue weighted by molar-refractivity contribution is 5.83. The Balaban J connectivity index is 2.74. The molecular weight excluding hydrogens is 240 g/mol. The van der Waals surface area contributed by atoms with Crippen molar-refractivity contribution in [1.29, 1.82) is 0 Å². The van der Waals surface area contributed by atoms with Gasteiger partial charge in [0, 0.05) is 20.2 Å². The molecule has 1 amide bonds. The van der Waals surface area contributed by atoms with Crippen LogP contribution in [0.4, 0.5) is 0 Å². The van der Waals surface area contributed by atoms with Crippen LogP contribution < -0.4 is 5.73 Å². The van der Waals surface area contributed by atoms with Gasteiger partial charge in [-0.3, -0.25) is 4.79 Å². The van der Waals surface area contributed by atoms with Gasteiger partial charge in [0.15, 0.2) is 0 Å². The third-order valence-corrected chi connectivity index (χ3v) is 2.89. The summed E-state index contributed by atoms with van der Waals surface area (Å²) >= 11 is 0. The molecule has 0 spiro atoms. The molecule has 0 saturated carbocycles. The predicted octanol–water partition coefficient (Wildman–Crippen LogP) is 1.82. The van der Waals surface area contributed by atoms with Crippen molar-refractivity contribution in [3.63, 3.8) is 0 Å². The Labute approximate surface area is 115 Å². The van der Waals surface area contributed by atoms with Crippen molar-refractivity contribution < 1.29 is 9.53 Å². The molecule has 0 heterocycles. The standard InChI is InChI=1S/C15H24N2O2/c1-12(2)11-17(9-10-19-3)15(18)14(16)13-7-5-4-6-8-13/h4-8,12,14H,9-11,16H2,1-3H3/t14-/m0/s1. The summed E-state index contributed by atoms with van der Waals surface area (Å²) in [6, 6.07) is 8.86. The molecule has 0 aliphatic rings. The minimum absolute atomic E-state index is 0.0445. The Bertz CT molecular complexity index is 379. The third-order valence-electron chi connectivity index (χ3n) is 2.89. The first-order valence-corrected chi connectivity index (χ1v) is 6.64. The molecule has 1 atom stereocenters. The van der Waals surface area contributed by atoms with Crippen molar-refractivity contribution in [1.82, 2.24) is 4.90 Å². The second-order valence-corrected chi connectivity index (χ2v) is 5.06. The number of ether oxygens (including phenoxy) is 1. The summed E-state index contributed by atoms with van der Waals surface area (Å²) in [6.45, 7) is 5.97. The molecular formula is C15H24N2O2. The molecule has 0 radical (unpaired) electrons. The van der Waals surface area contributed by atoms with E-state index in [2.05, 4.69) is 13.8 Å². The molecule has 19 heavy (non-hydrogen) atoms. The van der Waals surface area contributed by atoms with Crippen molar-refractivity contribution in [2.24, 2.45) is 11.7 Å². The molecule has 4 heteroatoms. The summed E-state index contributed by atoms with van der Waals surface area (Å²) in [4.78, 5) is 14.2. The van der Waals surface area contributed by atoms with E-state index in [4.69, 9.17) is 10.5 Å². The number of nitrogens with zero attached hydrogens (tertiary/aromatic N) is 1. The predicted molar refractivity (Wildman–Crippen MR) is 76.7 cm³/mol. The number of carbonyl (C=O) groups is 1. The van der Waals surface area contributed by atoms with Gasteiger partial charge in [-0.1, -0.05) is 44.2 Å². The molecule has 4 nitrogen and oxygen atoms in total. The number of nitrogens with two attached hydrogens (primary N) is 1. The summed E-state index contributed by atoms with van der Waals surface area (Å²) in [5, 5.41) is 0. The van der Waals surface area contributed by atoms with Crippen molar-refractivity contribution >= 4 is 5.91 Å². The van der Waals surface area contributed by atoms with E-state index in [-0.39, 0.29) is 5.91 Å². The van der Waals surface area contributed by atoms with Crippen molar-refractivity contribution in [3.8, 4) is 0 Å². The number of hydrogen-bond acceptors (Lipinski definition) is 3. The lowest BCUT2D eigenvalue weighted by Gasteiger charge is -2.27. The molecule has 1 aromatic carbocycles. The summed E-state index contributed by atoms with van der Waals surface area (Å²) < 4.78 is 5.05. The highest BCUT2D eigenvalue weighted by atomic mass is 16.5. The van der Waals surface area contributed by atoms with E-state index in [0.29, 0.717) is 25.6 Å². The first-order chi connectivity index (χ1) is 9.06. The normalized spacial score (nSPS) is 12.5. The molecule has 2 N–H and O–H groups in total. The van der Waals surface area contributed by atoms with Gasteiger partial charge in [0.1, 0.15) is 6.04 Å². The monoisotopic (exact) mass is 264 g/mol. The maximum absolute atomic E-state index is 12.4. The van der Waals surface area contributed by atoms with Crippen LogP contribution in [0.15, 0.2) is 30.3 Å². The third kappa shape index (κ3) is 5.01. The second-order valence-electron chi connectivity index (χ2n) is 5.06. The zero-order valence-corrected chi connectivity index (χ0v) is 12.0. The summed E-state index contributed by atoms with van der Waals surface area (Å²) in [5.74, 6) is 0.362. The van der Waals surface area contributed by atoms with Gasteiger partial charge in [0.05, 0.1) is 6.61 Å². The van der Waals surface area contributed by atoms with Gasteiger partial charge in [-0.25, -0.2) is 0 Å². The quantitative estimate of drug-likeness (QED) is 0.817. The maximum atomic E-state index is 12.4. The second kappa shape index (κ2) is 7.92. The number of methoxy groups -OCH3 is 1. The number of amides is 1. The first kappa shape index (κ1) is 15.7. The van der Waals surface area contributed by atoms with Crippen molar-refractivity contribution in [2.75, 3.05) is 26.8 Å². The van der Waals surface area contributed by atoms with E-state index in [1.165, 1.54) is 0 Å². The molecule has 1 rings (SSSR count). The average molecular weight is 264 g/mol. The highest BCUT2D eigenvalue weighted by Crippen LogP contribution is 2.13. The topological polar surface area (TPSA) is 55.6 Å². The van der Waals surface area contributed by atoms with Gasteiger partial charge < -0.3 is 15.4 Å². The number of benzene rings is 1. The van der Waals surface area contributed by atoms with Crippen LogP contribution in [0.2, 0.25) is 0 Å². The summed E-state index contributed by atoms with van der Waals surface area (Å²) in [7, 11) is 1.63. The molecule has 1 aromatic rings. The van der Waals surface area contributed by atoms with E-state index < -0.39 is 6.04 Å². The van der Waals surface area contributed by atoms with E-state index in [1.54, 1.807) is 12.0 Å². The molecule has 106 valence electrons. The van der Waals surface area contributed by atoms with E-state index in [0.717, 1.165) is 5.56 Å². The van der Waals surface area contributed by atoms with Gasteiger partial charge in [0.2, 0.25) is 5.91 Å². The highest BCUT2D eigenvalue weighted by Gasteiger charge is 2.22. The van der Waals surface area contributed by atoms with Gasteiger partial charge in [-0.15, -0.1) is 0 Å². The van der Waals surface area contributed by atoms with Crippen LogP contribution in [0.5, 0.6) is 0 Å². The van der Waals surface area contributed by atoms with Crippen molar-refractivity contribution in [3.05, 3.63) is 35.9 Å². The summed E-state index contributed by atoms with van der Waals surface area (Å²) in [5.41, 5.74) is 6.90. The lowest BCUT2D eigenvalue weighted by molar-refractivity contribution is -0.134. The molecule has 0 saturated heterocycles. The number of carbonyl (C=O) groups excluding carboxylic acids is 1. The average Bonchev–Trinajstić information content (AvgIpc) is 2.42. The van der Waals surface area contributed by atoms with Crippen LogP contribution >= 0.6 is 0 Å². The zero-order valence-electron chi connectivity index (χ0n) is 12.0. The van der Waals surface area contributed by atoms with Gasteiger partial charge >= 0.3 is 0 Å². The van der Waals surface area contributed by atoms with Crippen LogP contribution in [0.25, 0.3) is 0 Å². The molecule has 0 aromatic heterocycles. The smallest absolute Gasteiger partial charge is 0.244 e. The van der Waals surface area contributed by atoms with E-state index in [9.17, 15) is 4.79 Å². The van der Waals surface area contributed by atoms with Crippen molar-refractivity contribution in [2.45, 2.75) is 19.9 Å². The fourth-order valence-electron chi connectivity index (χ4n) is 1.93. The molecule has 0 aliphatic heterocycles. The lowest BCUT2D eigenvalue weighted by atomic mass is 10.1. The van der Waals surface area contributed by atoms with Crippen LogP contribution in [0.1, 0.15) is 25.5 Å². The SMILES string of the molecule is COCCN(CC(C)C)C(=O)[C@@H](N)c1ccccc1. The van der Waals surface area contributed by atoms with Crippen LogP contribution in [-0.4, -0.2) is 37.6 Å². The zero-order chi connectivity index (χ0) is 14.3. The largest absolute Gasteiger partial charge is 0.383 e. The fraction of sp³-hybridized carbons (Fsp3) is 0.533. The molecule has 0 aliphatic carbocycles. The molecule has 0 fully saturated rings. The Kier molecular flexibility index (Phi) is 6.53. The number of hydrogen-bond donors (Lipinski definition) is 1. The van der Waals surface area contributed by atoms with Gasteiger partial charge in [0.25, 0.3) is 0 Å². The Morgan fingerprint density at radius 1 is 1.32 bits per heavy atom. The van der Waals surface area contributed by atoms with Gasteiger partial charge in [-0.05, 0) is 11.5 Å². The minimum Gasteiger partial charge on any atom is -0.383 e. The van der Waals surface area contributed by atoms with Crippen LogP contribution in [0, 0.1) is 5.92 Å². The van der Waals surface area contributed by atoms with Gasteiger partial charge in [-0.2, -0.15) is 0 Å².